The molecule has 1 aromatic heterocycles. The summed E-state index contributed by atoms with van der Waals surface area (Å²) in [6, 6.07) is 4.69. The fourth-order valence-corrected chi connectivity index (χ4v) is 3.29. The third-order valence-electron chi connectivity index (χ3n) is 2.13. The monoisotopic (exact) mass is 345 g/mol. The van der Waals surface area contributed by atoms with E-state index < -0.39 is 0 Å². The molecule has 8 heteroatoms. The van der Waals surface area contributed by atoms with Crippen molar-refractivity contribution in [2.45, 2.75) is 4.34 Å². The van der Waals surface area contributed by atoms with Crippen molar-refractivity contribution in [1.29, 1.82) is 0 Å². The Bertz CT molecular complexity index is 645. The summed E-state index contributed by atoms with van der Waals surface area (Å²) in [5, 5.41) is 11.7. The lowest BCUT2D eigenvalue weighted by atomic mass is 10.2. The van der Waals surface area contributed by atoms with Gasteiger partial charge in [-0.1, -0.05) is 52.4 Å². The lowest BCUT2D eigenvalue weighted by Crippen LogP contribution is -2.12. The van der Waals surface area contributed by atoms with E-state index in [1.165, 1.54) is 29.2 Å². The van der Waals surface area contributed by atoms with Gasteiger partial charge in [0.2, 0.25) is 5.13 Å². The van der Waals surface area contributed by atoms with Gasteiger partial charge in [0, 0.05) is 10.8 Å². The number of thioether (sulfide) groups is 1. The van der Waals surface area contributed by atoms with Crippen molar-refractivity contribution in [2.75, 3.05) is 11.1 Å². The van der Waals surface area contributed by atoms with E-state index in [4.69, 9.17) is 23.2 Å². The van der Waals surface area contributed by atoms with E-state index in [1.807, 2.05) is 0 Å². The van der Waals surface area contributed by atoms with Crippen LogP contribution in [-0.4, -0.2) is 21.9 Å². The number of nitrogens with zero attached hydrogens (tertiary/aromatic N) is 2. The van der Waals surface area contributed by atoms with Gasteiger partial charge in [0.05, 0.1) is 10.6 Å². The highest BCUT2D eigenvalue weighted by Crippen LogP contribution is 2.27. The number of amides is 1. The van der Waals surface area contributed by atoms with Crippen molar-refractivity contribution in [3.05, 3.63) is 46.5 Å². The molecule has 0 fully saturated rings. The molecule has 1 aromatic carbocycles. The van der Waals surface area contributed by atoms with Crippen molar-refractivity contribution in [2.24, 2.45) is 0 Å². The van der Waals surface area contributed by atoms with Crippen LogP contribution >= 0.6 is 46.3 Å². The van der Waals surface area contributed by atoms with Gasteiger partial charge in [-0.3, -0.25) is 10.1 Å². The minimum atomic E-state index is -0.344. The molecule has 2 aromatic rings. The molecule has 0 atom stereocenters. The van der Waals surface area contributed by atoms with Crippen LogP contribution in [0, 0.1) is 0 Å². The van der Waals surface area contributed by atoms with E-state index in [0.29, 0.717) is 20.7 Å². The Morgan fingerprint density at radius 1 is 1.45 bits per heavy atom. The molecule has 1 heterocycles. The zero-order chi connectivity index (χ0) is 14.5. The van der Waals surface area contributed by atoms with E-state index in [-0.39, 0.29) is 5.91 Å². The van der Waals surface area contributed by atoms with Gasteiger partial charge in [-0.05, 0) is 18.2 Å². The predicted octanol–water partition coefficient (Wildman–Crippen LogP) is 4.38. The molecule has 0 aliphatic heterocycles. The van der Waals surface area contributed by atoms with Crippen LogP contribution in [0.3, 0.4) is 0 Å². The summed E-state index contributed by atoms with van der Waals surface area (Å²) in [6.07, 6.45) is 1.78. The topological polar surface area (TPSA) is 54.9 Å². The maximum atomic E-state index is 12.0. The first-order valence-electron chi connectivity index (χ1n) is 5.43. The minimum Gasteiger partial charge on any atom is -0.296 e. The number of rotatable bonds is 5. The summed E-state index contributed by atoms with van der Waals surface area (Å²) < 4.78 is 0.766. The van der Waals surface area contributed by atoms with Crippen LogP contribution in [-0.2, 0) is 0 Å². The standard InChI is InChI=1S/C12H9Cl2N3OS2/c1-2-5-19-12-17-16-11(20-12)15-10(18)8-4-3-7(13)6-9(8)14/h2-4,6H,1,5H2,(H,15,16,18). The zero-order valence-corrected chi connectivity index (χ0v) is 13.2. The van der Waals surface area contributed by atoms with Crippen LogP contribution in [0.4, 0.5) is 5.13 Å². The summed E-state index contributed by atoms with van der Waals surface area (Å²) in [7, 11) is 0. The van der Waals surface area contributed by atoms with E-state index in [9.17, 15) is 4.79 Å². The van der Waals surface area contributed by atoms with Gasteiger partial charge in [-0.15, -0.1) is 16.8 Å². The minimum absolute atomic E-state index is 0.292. The highest BCUT2D eigenvalue weighted by atomic mass is 35.5. The molecule has 20 heavy (non-hydrogen) atoms. The first-order chi connectivity index (χ1) is 9.60. The molecule has 4 nitrogen and oxygen atoms in total. The Morgan fingerprint density at radius 2 is 2.25 bits per heavy atom. The highest BCUT2D eigenvalue weighted by Gasteiger charge is 2.13. The van der Waals surface area contributed by atoms with Crippen LogP contribution < -0.4 is 5.32 Å². The maximum Gasteiger partial charge on any atom is 0.259 e. The lowest BCUT2D eigenvalue weighted by Gasteiger charge is -2.03. The summed E-state index contributed by atoms with van der Waals surface area (Å²) in [5.41, 5.74) is 0.339. The van der Waals surface area contributed by atoms with Crippen molar-refractivity contribution in [3.8, 4) is 0 Å². The number of hydrogen-bond donors (Lipinski definition) is 1. The van der Waals surface area contributed by atoms with Gasteiger partial charge < -0.3 is 0 Å². The maximum absolute atomic E-state index is 12.0. The summed E-state index contributed by atoms with van der Waals surface area (Å²) in [5.74, 6) is 0.397. The Morgan fingerprint density at radius 3 is 2.95 bits per heavy atom. The third-order valence-corrected chi connectivity index (χ3v) is 4.64. The fourth-order valence-electron chi connectivity index (χ4n) is 1.29. The number of anilines is 1. The molecular weight excluding hydrogens is 337 g/mol. The van der Waals surface area contributed by atoms with Crippen molar-refractivity contribution in [3.63, 3.8) is 0 Å². The van der Waals surface area contributed by atoms with Gasteiger partial charge in [0.1, 0.15) is 0 Å². The largest absolute Gasteiger partial charge is 0.296 e. The molecule has 104 valence electrons. The summed E-state index contributed by atoms with van der Waals surface area (Å²) in [4.78, 5) is 12.0. The Kier molecular flexibility index (Phi) is 5.42. The Balaban J connectivity index is 2.07. The average Bonchev–Trinajstić information content (AvgIpc) is 2.83. The van der Waals surface area contributed by atoms with E-state index in [1.54, 1.807) is 18.2 Å². The van der Waals surface area contributed by atoms with E-state index in [2.05, 4.69) is 22.1 Å². The number of carbonyl (C=O) groups excluding carboxylic acids is 1. The first-order valence-corrected chi connectivity index (χ1v) is 7.99. The van der Waals surface area contributed by atoms with Gasteiger partial charge in [0.25, 0.3) is 5.91 Å². The van der Waals surface area contributed by atoms with Crippen molar-refractivity contribution in [1.82, 2.24) is 10.2 Å². The molecule has 0 radical (unpaired) electrons. The van der Waals surface area contributed by atoms with Gasteiger partial charge in [-0.2, -0.15) is 0 Å². The fraction of sp³-hybridized carbons (Fsp3) is 0.0833. The molecule has 1 N–H and O–H groups in total. The second-order valence-corrected chi connectivity index (χ2v) is 6.64. The zero-order valence-electron chi connectivity index (χ0n) is 10.1. The van der Waals surface area contributed by atoms with Crippen LogP contribution in [0.5, 0.6) is 0 Å². The number of hydrogen-bond acceptors (Lipinski definition) is 5. The molecule has 0 spiro atoms. The number of carbonyl (C=O) groups is 1. The van der Waals surface area contributed by atoms with Gasteiger partial charge in [0.15, 0.2) is 4.34 Å². The molecule has 2 rings (SSSR count). The Hall–Kier alpha value is -1.08. The third kappa shape index (κ3) is 3.96. The molecule has 0 aliphatic carbocycles. The molecule has 1 amide bonds. The van der Waals surface area contributed by atoms with Crippen LogP contribution in [0.25, 0.3) is 0 Å². The van der Waals surface area contributed by atoms with Crippen LogP contribution in [0.2, 0.25) is 10.0 Å². The molecule has 0 saturated heterocycles. The van der Waals surface area contributed by atoms with E-state index >= 15 is 0 Å². The smallest absolute Gasteiger partial charge is 0.259 e. The predicted molar refractivity (Wildman–Crippen MR) is 85.2 cm³/mol. The molecule has 0 saturated carbocycles. The number of aromatic nitrogens is 2. The number of benzene rings is 1. The van der Waals surface area contributed by atoms with Gasteiger partial charge in [-0.25, -0.2) is 0 Å². The second kappa shape index (κ2) is 7.08. The Labute approximate surface area is 134 Å². The molecule has 0 bridgehead atoms. The molecule has 0 unspecified atom stereocenters. The highest BCUT2D eigenvalue weighted by molar-refractivity contribution is 8.01. The van der Waals surface area contributed by atoms with Crippen LogP contribution in [0.15, 0.2) is 35.2 Å². The summed E-state index contributed by atoms with van der Waals surface area (Å²) in [6.45, 7) is 3.63. The average molecular weight is 346 g/mol. The SMILES string of the molecule is C=CCSc1nnc(NC(=O)c2ccc(Cl)cc2Cl)s1. The van der Waals surface area contributed by atoms with Crippen molar-refractivity contribution >= 4 is 57.3 Å². The number of halogens is 2. The van der Waals surface area contributed by atoms with Crippen LogP contribution in [0.1, 0.15) is 10.4 Å². The van der Waals surface area contributed by atoms with Crippen molar-refractivity contribution < 1.29 is 4.79 Å². The number of nitrogens with one attached hydrogen (secondary N) is 1. The molecule has 0 aliphatic rings. The summed E-state index contributed by atoms with van der Waals surface area (Å²) >= 11 is 14.6. The molecular formula is C12H9Cl2N3OS2. The second-order valence-electron chi connectivity index (χ2n) is 3.55. The normalized spacial score (nSPS) is 10.3. The lowest BCUT2D eigenvalue weighted by molar-refractivity contribution is 0.102. The first kappa shape index (κ1) is 15.3. The van der Waals surface area contributed by atoms with E-state index in [0.717, 1.165) is 10.1 Å². The van der Waals surface area contributed by atoms with Gasteiger partial charge >= 0.3 is 0 Å². The quantitative estimate of drug-likeness (QED) is 0.496.